The second-order valence-corrected chi connectivity index (χ2v) is 7.47. The number of para-hydroxylation sites is 1. The number of hydrogen-bond donors (Lipinski definition) is 0. The minimum absolute atomic E-state index is 0.0823. The lowest BCUT2D eigenvalue weighted by atomic mass is 9.85. The van der Waals surface area contributed by atoms with Crippen LogP contribution in [0.25, 0.3) is 0 Å². The molecular weight excluding hydrogens is 262 g/mol. The molecule has 0 N–H and O–H groups in total. The van der Waals surface area contributed by atoms with Gasteiger partial charge in [0.15, 0.2) is 5.78 Å². The summed E-state index contributed by atoms with van der Waals surface area (Å²) in [6, 6.07) is 8.96. The first kappa shape index (κ1) is 14.6. The summed E-state index contributed by atoms with van der Waals surface area (Å²) in [5.41, 5.74) is 1.58. The zero-order valence-corrected chi connectivity index (χ0v) is 13.6. The van der Waals surface area contributed by atoms with Gasteiger partial charge in [-0.25, -0.2) is 0 Å². The molecule has 2 atom stereocenters. The Morgan fingerprint density at radius 1 is 1.24 bits per heavy atom. The number of carbonyl (C=O) groups is 1. The van der Waals surface area contributed by atoms with Crippen LogP contribution in [0, 0.1) is 5.92 Å². The lowest BCUT2D eigenvalue weighted by Crippen LogP contribution is -2.43. The molecule has 0 amide bonds. The molecule has 1 aromatic rings. The first-order chi connectivity index (χ1) is 9.72. The van der Waals surface area contributed by atoms with Gasteiger partial charge in [0.05, 0.1) is 11.5 Å². The molecule has 3 heteroatoms. The van der Waals surface area contributed by atoms with E-state index < -0.39 is 11.2 Å². The van der Waals surface area contributed by atoms with Gasteiger partial charge in [0, 0.05) is 18.3 Å². The van der Waals surface area contributed by atoms with Crippen LogP contribution in [0.1, 0.15) is 40.2 Å². The van der Waals surface area contributed by atoms with Gasteiger partial charge in [-0.15, -0.1) is 0 Å². The minimum atomic E-state index is -0.670. The van der Waals surface area contributed by atoms with Crippen LogP contribution in [0.4, 0.5) is 5.69 Å². The topological polar surface area (TPSA) is 29.5 Å². The van der Waals surface area contributed by atoms with Crippen molar-refractivity contribution in [1.29, 1.82) is 0 Å². The van der Waals surface area contributed by atoms with Crippen LogP contribution in [-0.2, 0) is 16.0 Å². The highest BCUT2D eigenvalue weighted by Gasteiger charge is 2.54. The van der Waals surface area contributed by atoms with Gasteiger partial charge in [0.1, 0.15) is 5.60 Å². The monoisotopic (exact) mass is 287 g/mol. The van der Waals surface area contributed by atoms with Crippen molar-refractivity contribution in [2.45, 2.75) is 58.3 Å². The number of rotatable bonds is 2. The summed E-state index contributed by atoms with van der Waals surface area (Å²) >= 11 is 0. The molecule has 3 nitrogen and oxygen atoms in total. The smallest absolute Gasteiger partial charge is 0.171 e. The minimum Gasteiger partial charge on any atom is -0.367 e. The Morgan fingerprint density at radius 3 is 2.52 bits per heavy atom. The Labute approximate surface area is 127 Å². The standard InChI is InChI=1S/C18H25NO2/c1-12-10-13-8-6-7-9-15(13)19(12)11-14-16(20)18(4,5)21-17(14,2)3/h6-9,12,14H,10-11H2,1-5H3. The van der Waals surface area contributed by atoms with Gasteiger partial charge in [-0.3, -0.25) is 4.79 Å². The molecule has 114 valence electrons. The van der Waals surface area contributed by atoms with Crippen molar-refractivity contribution in [3.63, 3.8) is 0 Å². The van der Waals surface area contributed by atoms with Gasteiger partial charge >= 0.3 is 0 Å². The summed E-state index contributed by atoms with van der Waals surface area (Å²) in [5, 5.41) is 0. The number of hydrogen-bond acceptors (Lipinski definition) is 3. The fourth-order valence-corrected chi connectivity index (χ4v) is 3.92. The maximum Gasteiger partial charge on any atom is 0.171 e. The van der Waals surface area contributed by atoms with Crippen LogP contribution in [-0.4, -0.2) is 29.6 Å². The van der Waals surface area contributed by atoms with Crippen molar-refractivity contribution >= 4 is 11.5 Å². The highest BCUT2D eigenvalue weighted by molar-refractivity contribution is 5.92. The molecule has 1 aromatic carbocycles. The van der Waals surface area contributed by atoms with E-state index in [0.717, 1.165) is 13.0 Å². The van der Waals surface area contributed by atoms with Crippen LogP contribution in [0.2, 0.25) is 0 Å². The highest BCUT2D eigenvalue weighted by atomic mass is 16.5. The molecule has 21 heavy (non-hydrogen) atoms. The molecule has 2 aliphatic rings. The predicted molar refractivity (Wildman–Crippen MR) is 84.7 cm³/mol. The fraction of sp³-hybridized carbons (Fsp3) is 0.611. The average molecular weight is 287 g/mol. The van der Waals surface area contributed by atoms with Crippen molar-refractivity contribution in [2.75, 3.05) is 11.4 Å². The van der Waals surface area contributed by atoms with Crippen molar-refractivity contribution < 1.29 is 9.53 Å². The quantitative estimate of drug-likeness (QED) is 0.836. The van der Waals surface area contributed by atoms with Crippen LogP contribution >= 0.6 is 0 Å². The lowest BCUT2D eigenvalue weighted by Gasteiger charge is -2.32. The van der Waals surface area contributed by atoms with E-state index in [1.165, 1.54) is 11.3 Å². The van der Waals surface area contributed by atoms with Crippen LogP contribution < -0.4 is 4.90 Å². The molecule has 1 fully saturated rings. The fourth-order valence-electron chi connectivity index (χ4n) is 3.92. The van der Waals surface area contributed by atoms with E-state index in [0.29, 0.717) is 6.04 Å². The Bertz CT molecular complexity index is 576. The third-order valence-electron chi connectivity index (χ3n) is 4.99. The molecule has 2 unspecified atom stereocenters. The molecule has 1 saturated heterocycles. The van der Waals surface area contributed by atoms with Gasteiger partial charge in [-0.1, -0.05) is 18.2 Å². The summed E-state index contributed by atoms with van der Waals surface area (Å²) in [5.74, 6) is 0.144. The van der Waals surface area contributed by atoms with E-state index in [-0.39, 0.29) is 11.7 Å². The summed E-state index contributed by atoms with van der Waals surface area (Å²) in [6.07, 6.45) is 1.06. The molecule has 2 aliphatic heterocycles. The number of benzene rings is 1. The van der Waals surface area contributed by atoms with Crippen molar-refractivity contribution in [3.8, 4) is 0 Å². The Kier molecular flexibility index (Phi) is 3.17. The zero-order chi connectivity index (χ0) is 15.4. The maximum atomic E-state index is 12.7. The molecule has 0 radical (unpaired) electrons. The number of nitrogens with zero attached hydrogens (tertiary/aromatic N) is 1. The third-order valence-corrected chi connectivity index (χ3v) is 4.99. The van der Waals surface area contributed by atoms with E-state index in [1.807, 2.05) is 27.7 Å². The van der Waals surface area contributed by atoms with Crippen LogP contribution in [0.5, 0.6) is 0 Å². The summed E-state index contributed by atoms with van der Waals surface area (Å²) < 4.78 is 6.02. The molecule has 0 bridgehead atoms. The Hall–Kier alpha value is -1.35. The molecule has 0 spiro atoms. The van der Waals surface area contributed by atoms with Crippen LogP contribution in [0.15, 0.2) is 24.3 Å². The molecule has 0 aliphatic carbocycles. The van der Waals surface area contributed by atoms with E-state index in [2.05, 4.69) is 36.1 Å². The molecular formula is C18H25NO2. The normalized spacial score (nSPS) is 29.8. The number of Topliss-reactive ketones (excluding diaryl/α,β-unsaturated/α-hetero) is 1. The van der Waals surface area contributed by atoms with Crippen molar-refractivity contribution in [2.24, 2.45) is 5.92 Å². The number of carbonyl (C=O) groups excluding carboxylic acids is 1. The Morgan fingerprint density at radius 2 is 1.90 bits per heavy atom. The van der Waals surface area contributed by atoms with Gasteiger partial charge < -0.3 is 9.64 Å². The lowest BCUT2D eigenvalue weighted by molar-refractivity contribution is -0.132. The van der Waals surface area contributed by atoms with Crippen molar-refractivity contribution in [1.82, 2.24) is 0 Å². The average Bonchev–Trinajstić information content (AvgIpc) is 2.76. The third kappa shape index (κ3) is 2.28. The Balaban J connectivity index is 1.89. The largest absolute Gasteiger partial charge is 0.367 e. The number of fused-ring (bicyclic) bond motifs is 1. The predicted octanol–water partition coefficient (Wildman–Crippen LogP) is 3.21. The molecule has 3 rings (SSSR count). The SMILES string of the molecule is CC1Cc2ccccc2N1CC1C(=O)C(C)(C)OC1(C)C. The van der Waals surface area contributed by atoms with E-state index >= 15 is 0 Å². The van der Waals surface area contributed by atoms with Gasteiger partial charge in [-0.2, -0.15) is 0 Å². The van der Waals surface area contributed by atoms with Crippen LogP contribution in [0.3, 0.4) is 0 Å². The van der Waals surface area contributed by atoms with E-state index in [1.54, 1.807) is 0 Å². The van der Waals surface area contributed by atoms with Gasteiger partial charge in [-0.05, 0) is 52.7 Å². The highest BCUT2D eigenvalue weighted by Crippen LogP contribution is 2.42. The second kappa shape index (κ2) is 4.57. The summed E-state index contributed by atoms with van der Waals surface area (Å²) in [6.45, 7) is 10.8. The number of ether oxygens (including phenoxy) is 1. The summed E-state index contributed by atoms with van der Waals surface area (Å²) in [7, 11) is 0. The van der Waals surface area contributed by atoms with Gasteiger partial charge in [0.2, 0.25) is 0 Å². The van der Waals surface area contributed by atoms with E-state index in [9.17, 15) is 4.79 Å². The maximum absolute atomic E-state index is 12.7. The molecule has 2 heterocycles. The molecule has 0 aromatic heterocycles. The number of ketones is 1. The number of anilines is 1. The van der Waals surface area contributed by atoms with E-state index in [4.69, 9.17) is 4.74 Å². The first-order valence-electron chi connectivity index (χ1n) is 7.81. The summed E-state index contributed by atoms with van der Waals surface area (Å²) in [4.78, 5) is 15.1. The first-order valence-corrected chi connectivity index (χ1v) is 7.81. The zero-order valence-electron chi connectivity index (χ0n) is 13.6. The van der Waals surface area contributed by atoms with Crippen molar-refractivity contribution in [3.05, 3.63) is 29.8 Å². The second-order valence-electron chi connectivity index (χ2n) is 7.47. The molecule has 0 saturated carbocycles. The van der Waals surface area contributed by atoms with Gasteiger partial charge in [0.25, 0.3) is 0 Å².